The van der Waals surface area contributed by atoms with Crippen molar-refractivity contribution in [2.45, 2.75) is 47.9 Å². The molecule has 0 radical (unpaired) electrons. The second kappa shape index (κ2) is 5.35. The third-order valence-corrected chi connectivity index (χ3v) is 5.22. The minimum atomic E-state index is -2.72. The monoisotopic (exact) mass is 316 g/mol. The van der Waals surface area contributed by atoms with Crippen molar-refractivity contribution in [3.63, 3.8) is 0 Å². The van der Waals surface area contributed by atoms with E-state index < -0.39 is 14.3 Å². The van der Waals surface area contributed by atoms with Gasteiger partial charge in [0.2, 0.25) is 0 Å². The fraction of sp³-hybridized carbons (Fsp3) is 1.00. The fourth-order valence-electron chi connectivity index (χ4n) is 0.839. The fourth-order valence-corrected chi connectivity index (χ4v) is 1.85. The van der Waals surface area contributed by atoms with Gasteiger partial charge in [0.05, 0.1) is 0 Å². The molecule has 0 aromatic carbocycles. The van der Waals surface area contributed by atoms with E-state index in [1.807, 2.05) is 20.8 Å². The molecule has 0 spiro atoms. The zero-order valence-corrected chi connectivity index (χ0v) is 12.5. The molecule has 0 saturated carbocycles. The van der Waals surface area contributed by atoms with Gasteiger partial charge in [0.1, 0.15) is 0 Å². The van der Waals surface area contributed by atoms with Crippen LogP contribution in [0, 0.1) is 5.41 Å². The third-order valence-electron chi connectivity index (χ3n) is 2.61. The Morgan fingerprint density at radius 3 is 1.80 bits per heavy atom. The Hall–Kier alpha value is 1.38. The SMILES string of the molecule is CCC(C)(C)C(Cl)CC(Cl)(Cl)C(F)(Cl)Cl. The molecule has 0 saturated heterocycles. The molecule has 0 rings (SSSR count). The number of hydrogen-bond acceptors (Lipinski definition) is 0. The summed E-state index contributed by atoms with van der Waals surface area (Å²) in [7, 11) is 0. The predicted molar refractivity (Wildman–Crippen MR) is 68.3 cm³/mol. The van der Waals surface area contributed by atoms with E-state index in [2.05, 4.69) is 0 Å². The standard InChI is InChI=1S/C9H14Cl5F/c1-4-7(2,3)6(10)5-8(11,12)9(13,14)15/h6H,4-5H2,1-3H3. The van der Waals surface area contributed by atoms with Crippen LogP contribution < -0.4 is 0 Å². The molecular formula is C9H14Cl5F. The van der Waals surface area contributed by atoms with Crippen molar-refractivity contribution >= 4 is 58.0 Å². The molecule has 0 bridgehead atoms. The lowest BCUT2D eigenvalue weighted by Gasteiger charge is -2.34. The first-order valence-corrected chi connectivity index (χ1v) is 6.47. The van der Waals surface area contributed by atoms with Gasteiger partial charge in [0.15, 0.2) is 4.33 Å². The molecule has 92 valence electrons. The van der Waals surface area contributed by atoms with Crippen LogP contribution in [0.5, 0.6) is 0 Å². The Balaban J connectivity index is 4.61. The second-order valence-electron chi connectivity index (χ2n) is 4.22. The highest BCUT2D eigenvalue weighted by Gasteiger charge is 2.50. The van der Waals surface area contributed by atoms with Crippen LogP contribution in [0.15, 0.2) is 0 Å². The Morgan fingerprint density at radius 1 is 1.13 bits per heavy atom. The van der Waals surface area contributed by atoms with Crippen LogP contribution in [0.2, 0.25) is 0 Å². The van der Waals surface area contributed by atoms with Gasteiger partial charge >= 0.3 is 0 Å². The molecule has 0 heterocycles. The van der Waals surface area contributed by atoms with Gasteiger partial charge in [0, 0.05) is 11.8 Å². The quantitative estimate of drug-likeness (QED) is 0.571. The van der Waals surface area contributed by atoms with Crippen LogP contribution in [0.4, 0.5) is 4.39 Å². The molecular weight excluding hydrogens is 304 g/mol. The van der Waals surface area contributed by atoms with E-state index in [9.17, 15) is 4.39 Å². The van der Waals surface area contributed by atoms with E-state index in [0.29, 0.717) is 0 Å². The number of alkyl halides is 6. The van der Waals surface area contributed by atoms with E-state index in [-0.39, 0.29) is 11.8 Å². The lowest BCUT2D eigenvalue weighted by molar-refractivity contribution is 0.279. The topological polar surface area (TPSA) is 0 Å². The average Bonchev–Trinajstić information content (AvgIpc) is 2.01. The second-order valence-corrected chi connectivity index (χ2v) is 7.46. The van der Waals surface area contributed by atoms with E-state index in [4.69, 9.17) is 58.0 Å². The Bertz CT molecular complexity index is 209. The summed E-state index contributed by atoms with van der Waals surface area (Å²) in [6, 6.07) is 0. The van der Waals surface area contributed by atoms with Crippen LogP contribution in [-0.2, 0) is 0 Å². The van der Waals surface area contributed by atoms with Gasteiger partial charge in [-0.05, 0) is 11.8 Å². The van der Waals surface area contributed by atoms with Gasteiger partial charge in [0.25, 0.3) is 4.59 Å². The summed E-state index contributed by atoms with van der Waals surface area (Å²) >= 11 is 28.0. The predicted octanol–water partition coefficient (Wildman–Crippen LogP) is 5.69. The lowest BCUT2D eigenvalue weighted by Crippen LogP contribution is -2.38. The number of hydrogen-bond donors (Lipinski definition) is 0. The molecule has 1 unspecified atom stereocenters. The number of rotatable bonds is 5. The molecule has 6 heteroatoms. The molecule has 0 aliphatic carbocycles. The largest absolute Gasteiger partial charge is 0.290 e. The maximum Gasteiger partial charge on any atom is 0.290 e. The van der Waals surface area contributed by atoms with Gasteiger partial charge in [-0.25, -0.2) is 4.39 Å². The van der Waals surface area contributed by atoms with Crippen LogP contribution in [0.25, 0.3) is 0 Å². The minimum absolute atomic E-state index is 0.0258. The van der Waals surface area contributed by atoms with Gasteiger partial charge in [-0.15, -0.1) is 11.6 Å². The molecule has 0 aromatic heterocycles. The molecule has 0 N–H and O–H groups in total. The molecule has 0 aromatic rings. The van der Waals surface area contributed by atoms with E-state index in [1.54, 1.807) is 0 Å². The lowest BCUT2D eigenvalue weighted by atomic mass is 9.84. The van der Waals surface area contributed by atoms with Crippen LogP contribution >= 0.6 is 58.0 Å². The van der Waals surface area contributed by atoms with Gasteiger partial charge in [-0.1, -0.05) is 67.2 Å². The van der Waals surface area contributed by atoms with Gasteiger partial charge in [-0.2, -0.15) is 0 Å². The summed E-state index contributed by atoms with van der Waals surface area (Å²) in [5.41, 5.74) is -0.213. The number of halogens is 6. The highest BCUT2D eigenvalue weighted by Crippen LogP contribution is 2.49. The average molecular weight is 318 g/mol. The smallest absolute Gasteiger partial charge is 0.205 e. The summed E-state index contributed by atoms with van der Waals surface area (Å²) in [5.74, 6) is 0. The van der Waals surface area contributed by atoms with E-state index in [1.165, 1.54) is 0 Å². The van der Waals surface area contributed by atoms with Crippen molar-refractivity contribution < 1.29 is 4.39 Å². The van der Waals surface area contributed by atoms with Crippen molar-refractivity contribution in [2.75, 3.05) is 0 Å². The summed E-state index contributed by atoms with van der Waals surface area (Å²) in [6.07, 6.45) is 0.789. The van der Waals surface area contributed by atoms with Gasteiger partial charge < -0.3 is 0 Å². The summed E-state index contributed by atoms with van der Waals surface area (Å²) in [4.78, 5) is 0. The normalized spacial score (nSPS) is 16.6. The third kappa shape index (κ3) is 4.63. The summed E-state index contributed by atoms with van der Waals surface area (Å²) < 4.78 is 8.60. The zero-order valence-electron chi connectivity index (χ0n) is 8.76. The van der Waals surface area contributed by atoms with Crippen LogP contribution in [0.1, 0.15) is 33.6 Å². The van der Waals surface area contributed by atoms with Crippen molar-refractivity contribution in [3.8, 4) is 0 Å². The molecule has 15 heavy (non-hydrogen) atoms. The molecule has 0 nitrogen and oxygen atoms in total. The highest BCUT2D eigenvalue weighted by molar-refractivity contribution is 6.61. The first-order valence-electron chi connectivity index (χ1n) is 4.52. The molecule has 0 fully saturated rings. The van der Waals surface area contributed by atoms with Gasteiger partial charge in [-0.3, -0.25) is 0 Å². The molecule has 1 atom stereocenters. The van der Waals surface area contributed by atoms with Crippen LogP contribution in [-0.4, -0.2) is 14.3 Å². The van der Waals surface area contributed by atoms with Crippen molar-refractivity contribution in [3.05, 3.63) is 0 Å². The van der Waals surface area contributed by atoms with Crippen LogP contribution in [0.3, 0.4) is 0 Å². The Labute approximate surface area is 115 Å². The highest BCUT2D eigenvalue weighted by atomic mass is 35.5. The van der Waals surface area contributed by atoms with E-state index >= 15 is 0 Å². The first kappa shape index (κ1) is 16.4. The minimum Gasteiger partial charge on any atom is -0.205 e. The van der Waals surface area contributed by atoms with Crippen molar-refractivity contribution in [1.29, 1.82) is 0 Å². The zero-order chi connectivity index (χ0) is 12.5. The maximum atomic E-state index is 13.2. The molecule has 0 aliphatic heterocycles. The molecule has 0 aliphatic rings. The molecule has 0 amide bonds. The van der Waals surface area contributed by atoms with E-state index in [0.717, 1.165) is 6.42 Å². The first-order chi connectivity index (χ1) is 6.44. The van der Waals surface area contributed by atoms with Crippen molar-refractivity contribution in [1.82, 2.24) is 0 Å². The van der Waals surface area contributed by atoms with Crippen molar-refractivity contribution in [2.24, 2.45) is 5.41 Å². The summed E-state index contributed by atoms with van der Waals surface area (Å²) in [5, 5.41) is -0.412. The Morgan fingerprint density at radius 2 is 1.53 bits per heavy atom. The maximum absolute atomic E-state index is 13.2. The Kier molecular flexibility index (Phi) is 5.84. The summed E-state index contributed by atoms with van der Waals surface area (Å²) in [6.45, 7) is 5.86.